The molecule has 1 saturated carbocycles. The maximum absolute atomic E-state index is 12.6. The van der Waals surface area contributed by atoms with Crippen molar-refractivity contribution in [1.82, 2.24) is 9.88 Å². The molecule has 0 spiro atoms. The number of amides is 1. The quantitative estimate of drug-likeness (QED) is 0.359. The van der Waals surface area contributed by atoms with Gasteiger partial charge in [-0.3, -0.25) is 4.79 Å². The Morgan fingerprint density at radius 3 is 2.50 bits per heavy atom. The largest absolute Gasteiger partial charge is 0.461 e. The van der Waals surface area contributed by atoms with Crippen LogP contribution in [-0.4, -0.2) is 34.4 Å². The van der Waals surface area contributed by atoms with Crippen molar-refractivity contribution in [2.75, 3.05) is 6.61 Å². The van der Waals surface area contributed by atoms with Crippen LogP contribution in [0.25, 0.3) is 0 Å². The second-order valence-corrected chi connectivity index (χ2v) is 7.91. The van der Waals surface area contributed by atoms with E-state index in [2.05, 4.69) is 11.9 Å². The minimum atomic E-state index is -0.387. The fourth-order valence-corrected chi connectivity index (χ4v) is 3.77. The summed E-state index contributed by atoms with van der Waals surface area (Å²) in [7, 11) is 0. The molecule has 0 radical (unpaired) electrons. The monoisotopic (exact) mass is 380 g/mol. The van der Waals surface area contributed by atoms with Crippen molar-refractivity contribution in [2.24, 2.45) is 0 Å². The highest BCUT2D eigenvalue weighted by Crippen LogP contribution is 2.30. The minimum Gasteiger partial charge on any atom is -0.461 e. The fraction of sp³-hybridized carbons (Fsp3) is 0.750. The van der Waals surface area contributed by atoms with Crippen molar-refractivity contribution in [3.05, 3.63) is 16.1 Å². The number of hydrogen-bond acceptors (Lipinski definition) is 5. The molecule has 1 fully saturated rings. The molecule has 146 valence electrons. The second-order valence-electron chi connectivity index (χ2n) is 6.97. The molecule has 0 aliphatic heterocycles. The van der Waals surface area contributed by atoms with E-state index < -0.39 is 0 Å². The summed E-state index contributed by atoms with van der Waals surface area (Å²) in [6.07, 6.45) is 11.3. The number of nitrogens with zero attached hydrogens (tertiary/aromatic N) is 2. The number of carbonyl (C=O) groups is 2. The van der Waals surface area contributed by atoms with Gasteiger partial charge in [-0.05, 0) is 26.2 Å². The molecule has 2 rings (SSSR count). The lowest BCUT2D eigenvalue weighted by Crippen LogP contribution is -2.32. The molecular weight excluding hydrogens is 348 g/mol. The van der Waals surface area contributed by atoms with E-state index in [4.69, 9.17) is 4.74 Å². The predicted molar refractivity (Wildman–Crippen MR) is 104 cm³/mol. The highest BCUT2D eigenvalue weighted by Gasteiger charge is 2.32. The number of esters is 1. The van der Waals surface area contributed by atoms with E-state index in [1.165, 1.54) is 43.4 Å². The molecule has 1 aromatic heterocycles. The smallest absolute Gasteiger partial charge is 0.357 e. The molecule has 26 heavy (non-hydrogen) atoms. The molecule has 0 saturated heterocycles. The Hall–Kier alpha value is -1.43. The van der Waals surface area contributed by atoms with Crippen LogP contribution in [0.15, 0.2) is 5.38 Å². The maximum atomic E-state index is 12.6. The van der Waals surface area contributed by atoms with Crippen molar-refractivity contribution in [2.45, 2.75) is 90.6 Å². The second kappa shape index (κ2) is 11.3. The Morgan fingerprint density at radius 2 is 1.85 bits per heavy atom. The number of unbranched alkanes of at least 4 members (excludes halogenated alkanes) is 6. The minimum absolute atomic E-state index is 0.231. The van der Waals surface area contributed by atoms with Crippen molar-refractivity contribution >= 4 is 23.2 Å². The zero-order chi connectivity index (χ0) is 18.8. The summed E-state index contributed by atoms with van der Waals surface area (Å²) in [6, 6.07) is 0.363. The third-order valence-corrected chi connectivity index (χ3v) is 5.48. The summed E-state index contributed by atoms with van der Waals surface area (Å²) in [5.41, 5.74) is 0.349. The molecular formula is C20H32N2O3S. The first-order valence-electron chi connectivity index (χ1n) is 10.1. The summed E-state index contributed by atoms with van der Waals surface area (Å²) in [6.45, 7) is 4.87. The first kappa shape index (κ1) is 20.9. The molecule has 1 aliphatic carbocycles. The van der Waals surface area contributed by atoms with Gasteiger partial charge in [0.25, 0.3) is 0 Å². The first-order valence-corrected chi connectivity index (χ1v) is 10.9. The lowest BCUT2D eigenvalue weighted by Gasteiger charge is -2.21. The Kier molecular flexibility index (Phi) is 9.09. The number of aromatic nitrogens is 1. The molecule has 1 amide bonds. The zero-order valence-corrected chi connectivity index (χ0v) is 17.0. The van der Waals surface area contributed by atoms with Crippen molar-refractivity contribution in [1.29, 1.82) is 0 Å². The van der Waals surface area contributed by atoms with E-state index in [1.807, 2.05) is 4.90 Å². The number of rotatable bonds is 13. The normalized spacial score (nSPS) is 13.6. The zero-order valence-electron chi connectivity index (χ0n) is 16.2. The standard InChI is InChI=1S/C20H32N2O3S/c1-3-5-6-7-8-9-10-11-19(23)22(16-12-13-16)14-18-21-17(15-26-18)20(24)25-4-2/h15-16H,3-14H2,1-2H3. The Balaban J connectivity index is 1.76. The van der Waals surface area contributed by atoms with E-state index in [1.54, 1.807) is 12.3 Å². The van der Waals surface area contributed by atoms with Gasteiger partial charge >= 0.3 is 5.97 Å². The van der Waals surface area contributed by atoms with E-state index in [0.717, 1.165) is 30.7 Å². The molecule has 1 aliphatic rings. The molecule has 0 unspecified atom stereocenters. The van der Waals surface area contributed by atoms with Crippen molar-refractivity contribution in [3.63, 3.8) is 0 Å². The molecule has 0 atom stereocenters. The lowest BCUT2D eigenvalue weighted by atomic mass is 10.1. The van der Waals surface area contributed by atoms with Gasteiger partial charge in [-0.25, -0.2) is 9.78 Å². The Bertz CT molecular complexity index is 569. The van der Waals surface area contributed by atoms with Crippen LogP contribution in [0.2, 0.25) is 0 Å². The topological polar surface area (TPSA) is 59.5 Å². The van der Waals surface area contributed by atoms with Crippen LogP contribution in [0.4, 0.5) is 0 Å². The van der Waals surface area contributed by atoms with Crippen LogP contribution in [0.3, 0.4) is 0 Å². The average Bonchev–Trinajstić information content (AvgIpc) is 3.36. The molecule has 0 bridgehead atoms. The average molecular weight is 381 g/mol. The van der Waals surface area contributed by atoms with Crippen LogP contribution in [0.1, 0.15) is 93.6 Å². The fourth-order valence-electron chi connectivity index (χ4n) is 3.01. The van der Waals surface area contributed by atoms with Crippen LogP contribution < -0.4 is 0 Å². The van der Waals surface area contributed by atoms with Crippen LogP contribution in [-0.2, 0) is 16.1 Å². The van der Waals surface area contributed by atoms with Gasteiger partial charge in [-0.1, -0.05) is 45.4 Å². The van der Waals surface area contributed by atoms with Gasteiger partial charge in [0.1, 0.15) is 5.01 Å². The number of thiazole rings is 1. The Labute approximate surface area is 161 Å². The number of carbonyl (C=O) groups excluding carboxylic acids is 2. The van der Waals surface area contributed by atoms with Gasteiger partial charge < -0.3 is 9.64 Å². The van der Waals surface area contributed by atoms with Gasteiger partial charge in [0, 0.05) is 17.8 Å². The van der Waals surface area contributed by atoms with E-state index >= 15 is 0 Å². The van der Waals surface area contributed by atoms with Gasteiger partial charge in [0.15, 0.2) is 5.69 Å². The summed E-state index contributed by atoms with van der Waals surface area (Å²) >= 11 is 1.43. The van der Waals surface area contributed by atoms with Gasteiger partial charge in [-0.2, -0.15) is 0 Å². The third-order valence-electron chi connectivity index (χ3n) is 4.64. The van der Waals surface area contributed by atoms with Gasteiger partial charge in [0.05, 0.1) is 13.2 Å². The maximum Gasteiger partial charge on any atom is 0.357 e. The highest BCUT2D eigenvalue weighted by molar-refractivity contribution is 7.09. The van der Waals surface area contributed by atoms with E-state index in [0.29, 0.717) is 31.3 Å². The van der Waals surface area contributed by atoms with Gasteiger partial charge in [-0.15, -0.1) is 11.3 Å². The lowest BCUT2D eigenvalue weighted by molar-refractivity contribution is -0.132. The SMILES string of the molecule is CCCCCCCCCC(=O)N(Cc1nc(C(=O)OCC)cs1)C1CC1. The highest BCUT2D eigenvalue weighted by atomic mass is 32.1. The van der Waals surface area contributed by atoms with Crippen LogP contribution >= 0.6 is 11.3 Å². The number of hydrogen-bond donors (Lipinski definition) is 0. The van der Waals surface area contributed by atoms with Crippen molar-refractivity contribution in [3.8, 4) is 0 Å². The van der Waals surface area contributed by atoms with Crippen LogP contribution in [0, 0.1) is 0 Å². The summed E-state index contributed by atoms with van der Waals surface area (Å²) in [5, 5.41) is 2.53. The number of ether oxygens (including phenoxy) is 1. The van der Waals surface area contributed by atoms with Crippen LogP contribution in [0.5, 0.6) is 0 Å². The predicted octanol–water partition coefficient (Wildman–Crippen LogP) is 4.95. The molecule has 5 nitrogen and oxygen atoms in total. The molecule has 6 heteroatoms. The van der Waals surface area contributed by atoms with E-state index in [-0.39, 0.29) is 11.9 Å². The molecule has 1 aromatic rings. The molecule has 0 aromatic carbocycles. The van der Waals surface area contributed by atoms with E-state index in [9.17, 15) is 9.59 Å². The van der Waals surface area contributed by atoms with Gasteiger partial charge in [0.2, 0.25) is 5.91 Å². The third kappa shape index (κ3) is 7.06. The molecule has 0 N–H and O–H groups in total. The van der Waals surface area contributed by atoms with Crippen molar-refractivity contribution < 1.29 is 14.3 Å². The molecule has 1 heterocycles. The Morgan fingerprint density at radius 1 is 1.15 bits per heavy atom. The summed E-state index contributed by atoms with van der Waals surface area (Å²) < 4.78 is 4.98. The first-order chi connectivity index (χ1) is 12.7. The summed E-state index contributed by atoms with van der Waals surface area (Å²) in [4.78, 5) is 30.7. The summed E-state index contributed by atoms with van der Waals surface area (Å²) in [5.74, 6) is -0.156.